The van der Waals surface area contributed by atoms with Crippen LogP contribution in [-0.2, 0) is 12.8 Å². The molecule has 1 unspecified atom stereocenters. The number of aryl methyl sites for hydroxylation is 1. The molecule has 0 aliphatic rings. The lowest BCUT2D eigenvalue weighted by Gasteiger charge is -2.25. The standard InChI is InChI=1S/C13H24N2S/c1-5-11-6-7-12(16-11)8-10(15-14)9-13(2,3)4/h6-7,10,15H,5,8-9,14H2,1-4H3. The summed E-state index contributed by atoms with van der Waals surface area (Å²) in [7, 11) is 0. The second-order valence-corrected chi connectivity index (χ2v) is 6.81. The van der Waals surface area contributed by atoms with Gasteiger partial charge in [0.1, 0.15) is 0 Å². The predicted octanol–water partition coefficient (Wildman–Crippen LogP) is 3.12. The monoisotopic (exact) mass is 240 g/mol. The smallest absolute Gasteiger partial charge is 0.0263 e. The molecule has 0 aliphatic heterocycles. The van der Waals surface area contributed by atoms with E-state index in [0.29, 0.717) is 11.5 Å². The van der Waals surface area contributed by atoms with Gasteiger partial charge in [0, 0.05) is 15.8 Å². The molecular weight excluding hydrogens is 216 g/mol. The second-order valence-electron chi connectivity index (χ2n) is 5.55. The number of hydrazine groups is 1. The Morgan fingerprint density at radius 3 is 2.38 bits per heavy atom. The number of nitrogens with two attached hydrogens (primary N) is 1. The third kappa shape index (κ3) is 4.64. The molecule has 0 saturated heterocycles. The average Bonchev–Trinajstić information content (AvgIpc) is 2.62. The number of thiophene rings is 1. The third-order valence-corrected chi connectivity index (χ3v) is 3.86. The van der Waals surface area contributed by atoms with Crippen LogP contribution in [0.5, 0.6) is 0 Å². The summed E-state index contributed by atoms with van der Waals surface area (Å²) in [6.45, 7) is 8.96. The molecule has 0 radical (unpaired) electrons. The fraction of sp³-hybridized carbons (Fsp3) is 0.692. The van der Waals surface area contributed by atoms with Gasteiger partial charge in [0.25, 0.3) is 0 Å². The van der Waals surface area contributed by atoms with Crippen LogP contribution in [0.4, 0.5) is 0 Å². The van der Waals surface area contributed by atoms with Crippen LogP contribution >= 0.6 is 11.3 Å². The molecule has 92 valence electrons. The molecule has 0 bridgehead atoms. The van der Waals surface area contributed by atoms with Crippen molar-refractivity contribution in [3.63, 3.8) is 0 Å². The average molecular weight is 240 g/mol. The summed E-state index contributed by atoms with van der Waals surface area (Å²) >= 11 is 1.91. The lowest BCUT2D eigenvalue weighted by molar-refractivity contribution is 0.309. The van der Waals surface area contributed by atoms with E-state index in [2.05, 4.69) is 45.3 Å². The summed E-state index contributed by atoms with van der Waals surface area (Å²) < 4.78 is 0. The zero-order valence-corrected chi connectivity index (χ0v) is 11.7. The Morgan fingerprint density at radius 1 is 1.31 bits per heavy atom. The Morgan fingerprint density at radius 2 is 1.94 bits per heavy atom. The van der Waals surface area contributed by atoms with Crippen LogP contribution in [0.2, 0.25) is 0 Å². The molecular formula is C13H24N2S. The topological polar surface area (TPSA) is 38.0 Å². The quantitative estimate of drug-likeness (QED) is 0.613. The maximum Gasteiger partial charge on any atom is 0.0263 e. The summed E-state index contributed by atoms with van der Waals surface area (Å²) in [5.41, 5.74) is 3.26. The number of rotatable bonds is 5. The van der Waals surface area contributed by atoms with Gasteiger partial charge in [-0.05, 0) is 36.8 Å². The molecule has 0 fully saturated rings. The molecule has 0 aromatic carbocycles. The maximum atomic E-state index is 5.62. The van der Waals surface area contributed by atoms with Crippen LogP contribution in [-0.4, -0.2) is 6.04 Å². The molecule has 1 aromatic heterocycles. The summed E-state index contributed by atoms with van der Waals surface area (Å²) in [5, 5.41) is 0. The van der Waals surface area contributed by atoms with E-state index in [1.54, 1.807) is 0 Å². The van der Waals surface area contributed by atoms with E-state index in [1.807, 2.05) is 11.3 Å². The van der Waals surface area contributed by atoms with Crippen molar-refractivity contribution in [2.24, 2.45) is 11.3 Å². The summed E-state index contributed by atoms with van der Waals surface area (Å²) in [4.78, 5) is 2.89. The third-order valence-electron chi connectivity index (χ3n) is 2.61. The summed E-state index contributed by atoms with van der Waals surface area (Å²) in [6.07, 6.45) is 3.27. The summed E-state index contributed by atoms with van der Waals surface area (Å²) in [5.74, 6) is 5.62. The number of hydrogen-bond donors (Lipinski definition) is 2. The lowest BCUT2D eigenvalue weighted by Crippen LogP contribution is -2.39. The van der Waals surface area contributed by atoms with E-state index < -0.39 is 0 Å². The minimum absolute atomic E-state index is 0.321. The van der Waals surface area contributed by atoms with Gasteiger partial charge in [-0.25, -0.2) is 0 Å². The van der Waals surface area contributed by atoms with Crippen LogP contribution < -0.4 is 11.3 Å². The van der Waals surface area contributed by atoms with Gasteiger partial charge in [-0.3, -0.25) is 11.3 Å². The summed E-state index contributed by atoms with van der Waals surface area (Å²) in [6, 6.07) is 4.84. The second kappa shape index (κ2) is 5.80. The van der Waals surface area contributed by atoms with E-state index in [4.69, 9.17) is 5.84 Å². The van der Waals surface area contributed by atoms with Gasteiger partial charge in [0.2, 0.25) is 0 Å². The molecule has 1 aromatic rings. The van der Waals surface area contributed by atoms with Crippen molar-refractivity contribution in [3.05, 3.63) is 21.9 Å². The van der Waals surface area contributed by atoms with Crippen LogP contribution in [0.15, 0.2) is 12.1 Å². The molecule has 1 atom stereocenters. The van der Waals surface area contributed by atoms with Gasteiger partial charge in [-0.15, -0.1) is 11.3 Å². The van der Waals surface area contributed by atoms with Gasteiger partial charge in [-0.1, -0.05) is 27.7 Å². The minimum atomic E-state index is 0.321. The largest absolute Gasteiger partial charge is 0.271 e. The number of nitrogens with one attached hydrogen (secondary N) is 1. The Balaban J connectivity index is 2.56. The zero-order valence-electron chi connectivity index (χ0n) is 10.8. The fourth-order valence-corrected chi connectivity index (χ4v) is 2.93. The molecule has 0 saturated carbocycles. The highest BCUT2D eigenvalue weighted by Gasteiger charge is 2.18. The van der Waals surface area contributed by atoms with Crippen LogP contribution in [0.25, 0.3) is 0 Å². The van der Waals surface area contributed by atoms with E-state index in [1.165, 1.54) is 9.75 Å². The molecule has 3 N–H and O–H groups in total. The predicted molar refractivity (Wildman–Crippen MR) is 72.6 cm³/mol. The van der Waals surface area contributed by atoms with Gasteiger partial charge >= 0.3 is 0 Å². The van der Waals surface area contributed by atoms with Gasteiger partial charge < -0.3 is 0 Å². The SMILES string of the molecule is CCc1ccc(CC(CC(C)(C)C)NN)s1. The van der Waals surface area contributed by atoms with E-state index in [9.17, 15) is 0 Å². The Bertz CT molecular complexity index is 312. The highest BCUT2D eigenvalue weighted by Crippen LogP contribution is 2.24. The molecule has 2 nitrogen and oxygen atoms in total. The van der Waals surface area contributed by atoms with Gasteiger partial charge in [0.05, 0.1) is 0 Å². The van der Waals surface area contributed by atoms with Crippen molar-refractivity contribution < 1.29 is 0 Å². The normalized spacial score (nSPS) is 14.1. The fourth-order valence-electron chi connectivity index (χ4n) is 1.89. The van der Waals surface area contributed by atoms with Crippen molar-refractivity contribution in [3.8, 4) is 0 Å². The highest BCUT2D eigenvalue weighted by molar-refractivity contribution is 7.11. The van der Waals surface area contributed by atoms with E-state index >= 15 is 0 Å². The molecule has 0 amide bonds. The van der Waals surface area contributed by atoms with Crippen molar-refractivity contribution in [2.75, 3.05) is 0 Å². The molecule has 0 spiro atoms. The van der Waals surface area contributed by atoms with Crippen molar-refractivity contribution in [1.82, 2.24) is 5.43 Å². The first-order valence-electron chi connectivity index (χ1n) is 5.98. The first kappa shape index (κ1) is 13.7. The molecule has 16 heavy (non-hydrogen) atoms. The minimum Gasteiger partial charge on any atom is -0.271 e. The van der Waals surface area contributed by atoms with Crippen molar-refractivity contribution >= 4 is 11.3 Å². The van der Waals surface area contributed by atoms with E-state index in [0.717, 1.165) is 19.3 Å². The lowest BCUT2D eigenvalue weighted by atomic mass is 9.87. The molecule has 3 heteroatoms. The molecule has 1 heterocycles. The van der Waals surface area contributed by atoms with Gasteiger partial charge in [-0.2, -0.15) is 0 Å². The Labute approximate surface area is 103 Å². The zero-order chi connectivity index (χ0) is 12.2. The number of hydrogen-bond acceptors (Lipinski definition) is 3. The molecule has 1 rings (SSSR count). The first-order chi connectivity index (χ1) is 7.44. The molecule has 0 aliphatic carbocycles. The maximum absolute atomic E-state index is 5.62. The van der Waals surface area contributed by atoms with Crippen LogP contribution in [0.3, 0.4) is 0 Å². The Hall–Kier alpha value is -0.380. The Kier molecular flexibility index (Phi) is 4.96. The van der Waals surface area contributed by atoms with E-state index in [-0.39, 0.29) is 0 Å². The first-order valence-corrected chi connectivity index (χ1v) is 6.80. The van der Waals surface area contributed by atoms with Crippen molar-refractivity contribution in [2.45, 2.75) is 53.0 Å². The van der Waals surface area contributed by atoms with Crippen LogP contribution in [0, 0.1) is 5.41 Å². The van der Waals surface area contributed by atoms with Gasteiger partial charge in [0.15, 0.2) is 0 Å². The highest BCUT2D eigenvalue weighted by atomic mass is 32.1. The van der Waals surface area contributed by atoms with Crippen LogP contribution in [0.1, 0.15) is 43.9 Å². The van der Waals surface area contributed by atoms with Crippen molar-refractivity contribution in [1.29, 1.82) is 0 Å².